The summed E-state index contributed by atoms with van der Waals surface area (Å²) in [6.07, 6.45) is 0. The summed E-state index contributed by atoms with van der Waals surface area (Å²) >= 11 is 0. The number of benzene rings is 2. The second-order valence-electron chi connectivity index (χ2n) is 5.28. The summed E-state index contributed by atoms with van der Waals surface area (Å²) < 4.78 is 14.8. The van der Waals surface area contributed by atoms with Crippen molar-refractivity contribution in [3.8, 4) is 0 Å². The van der Waals surface area contributed by atoms with Gasteiger partial charge in [-0.3, -0.25) is 14.3 Å². The third-order valence-corrected chi connectivity index (χ3v) is 3.54. The van der Waals surface area contributed by atoms with Crippen LogP contribution in [0, 0.1) is 12.7 Å². The average molecular weight is 311 g/mol. The summed E-state index contributed by atoms with van der Waals surface area (Å²) in [5.41, 5.74) is 1.21. The number of aromatic nitrogens is 2. The molecule has 2 aromatic carbocycles. The van der Waals surface area contributed by atoms with Crippen LogP contribution in [0.4, 0.5) is 10.1 Å². The minimum atomic E-state index is -0.624. The second kappa shape index (κ2) is 5.64. The molecule has 3 aromatic rings. The fourth-order valence-electron chi connectivity index (χ4n) is 2.32. The van der Waals surface area contributed by atoms with Gasteiger partial charge in [0.1, 0.15) is 5.82 Å². The lowest BCUT2D eigenvalue weighted by molar-refractivity contribution is 0.101. The molecule has 116 valence electrons. The van der Waals surface area contributed by atoms with E-state index < -0.39 is 17.2 Å². The number of carbonyl (C=O) groups is 1. The predicted octanol–water partition coefficient (Wildman–Crippen LogP) is 2.63. The third-order valence-electron chi connectivity index (χ3n) is 3.54. The maximum Gasteiger partial charge on any atom is 0.280 e. The Kier molecular flexibility index (Phi) is 3.65. The van der Waals surface area contributed by atoms with Crippen LogP contribution < -0.4 is 10.7 Å². The van der Waals surface area contributed by atoms with Crippen LogP contribution in [0.5, 0.6) is 0 Å². The van der Waals surface area contributed by atoms with Crippen LogP contribution in [0.25, 0.3) is 10.9 Å². The highest BCUT2D eigenvalue weighted by Gasteiger charge is 2.17. The molecule has 0 aliphatic heterocycles. The Morgan fingerprint density at radius 1 is 1.17 bits per heavy atom. The van der Waals surface area contributed by atoms with E-state index in [9.17, 15) is 14.0 Å². The van der Waals surface area contributed by atoms with E-state index in [2.05, 4.69) is 10.4 Å². The van der Waals surface area contributed by atoms with E-state index >= 15 is 0 Å². The number of halogens is 1. The van der Waals surface area contributed by atoms with Crippen molar-refractivity contribution in [1.82, 2.24) is 9.78 Å². The zero-order chi connectivity index (χ0) is 16.6. The number of anilines is 1. The average Bonchev–Trinajstić information content (AvgIpc) is 2.53. The standard InChI is InChI=1S/C17H14FN3O2/c1-10-3-6-12(7-4-10)19-17(23)15-16(22)13-9-11(18)5-8-14(13)21(2)20-15/h3-9H,1-2H3,(H,19,23). The first-order chi connectivity index (χ1) is 11.0. The minimum Gasteiger partial charge on any atom is -0.320 e. The van der Waals surface area contributed by atoms with Gasteiger partial charge in [-0.15, -0.1) is 0 Å². The zero-order valence-corrected chi connectivity index (χ0v) is 12.6. The summed E-state index contributed by atoms with van der Waals surface area (Å²) in [6, 6.07) is 11.0. The monoisotopic (exact) mass is 311 g/mol. The molecule has 0 unspecified atom stereocenters. The van der Waals surface area contributed by atoms with Gasteiger partial charge in [-0.25, -0.2) is 4.39 Å². The first-order valence-electron chi connectivity index (χ1n) is 7.00. The molecular weight excluding hydrogens is 297 g/mol. The molecule has 0 radical (unpaired) electrons. The van der Waals surface area contributed by atoms with Gasteiger partial charge in [-0.2, -0.15) is 5.10 Å². The Bertz CT molecular complexity index is 962. The van der Waals surface area contributed by atoms with Gasteiger partial charge in [0, 0.05) is 12.7 Å². The van der Waals surface area contributed by atoms with E-state index in [-0.39, 0.29) is 11.1 Å². The minimum absolute atomic E-state index is 0.122. The highest BCUT2D eigenvalue weighted by molar-refractivity contribution is 6.04. The van der Waals surface area contributed by atoms with Gasteiger partial charge < -0.3 is 5.32 Å². The molecule has 0 atom stereocenters. The lowest BCUT2D eigenvalue weighted by atomic mass is 10.2. The van der Waals surface area contributed by atoms with Crippen LogP contribution in [0.3, 0.4) is 0 Å². The molecule has 23 heavy (non-hydrogen) atoms. The van der Waals surface area contributed by atoms with Crippen LogP contribution >= 0.6 is 0 Å². The summed E-state index contributed by atoms with van der Waals surface area (Å²) in [5.74, 6) is -1.16. The highest BCUT2D eigenvalue weighted by Crippen LogP contribution is 2.13. The molecule has 1 amide bonds. The van der Waals surface area contributed by atoms with Crippen molar-refractivity contribution in [2.75, 3.05) is 5.32 Å². The molecule has 1 heterocycles. The van der Waals surface area contributed by atoms with E-state index in [1.807, 2.05) is 19.1 Å². The number of hydrogen-bond acceptors (Lipinski definition) is 3. The number of hydrogen-bond donors (Lipinski definition) is 1. The van der Waals surface area contributed by atoms with E-state index in [1.54, 1.807) is 19.2 Å². The lowest BCUT2D eigenvalue weighted by Gasteiger charge is -2.08. The van der Waals surface area contributed by atoms with Crippen molar-refractivity contribution in [1.29, 1.82) is 0 Å². The van der Waals surface area contributed by atoms with Crippen molar-refractivity contribution in [2.24, 2.45) is 7.05 Å². The number of nitrogens with one attached hydrogen (secondary N) is 1. The fourth-order valence-corrected chi connectivity index (χ4v) is 2.32. The molecule has 0 aliphatic rings. The molecule has 3 rings (SSSR count). The van der Waals surface area contributed by atoms with Crippen LogP contribution in [-0.2, 0) is 7.05 Å². The number of aryl methyl sites for hydroxylation is 2. The molecule has 0 aliphatic carbocycles. The quantitative estimate of drug-likeness (QED) is 0.791. The molecule has 0 bridgehead atoms. The summed E-state index contributed by atoms with van der Waals surface area (Å²) in [5, 5.41) is 6.76. The fraction of sp³-hybridized carbons (Fsp3) is 0.118. The smallest absolute Gasteiger partial charge is 0.280 e. The van der Waals surface area contributed by atoms with Crippen LogP contribution in [-0.4, -0.2) is 15.7 Å². The van der Waals surface area contributed by atoms with Gasteiger partial charge in [0.25, 0.3) is 5.91 Å². The Hall–Kier alpha value is -3.02. The first-order valence-corrected chi connectivity index (χ1v) is 7.00. The molecule has 1 aromatic heterocycles. The first kappa shape index (κ1) is 14.9. The SMILES string of the molecule is Cc1ccc(NC(=O)c2nn(C)c3ccc(F)cc3c2=O)cc1. The summed E-state index contributed by atoms with van der Waals surface area (Å²) in [6.45, 7) is 1.93. The summed E-state index contributed by atoms with van der Waals surface area (Å²) in [7, 11) is 1.60. The lowest BCUT2D eigenvalue weighted by Crippen LogP contribution is -2.26. The van der Waals surface area contributed by atoms with Crippen molar-refractivity contribution >= 4 is 22.5 Å². The zero-order valence-electron chi connectivity index (χ0n) is 12.6. The van der Waals surface area contributed by atoms with E-state index in [4.69, 9.17) is 0 Å². The van der Waals surface area contributed by atoms with Gasteiger partial charge in [-0.05, 0) is 37.3 Å². The normalized spacial score (nSPS) is 10.7. The highest BCUT2D eigenvalue weighted by atomic mass is 19.1. The predicted molar refractivity (Wildman–Crippen MR) is 86.1 cm³/mol. The molecular formula is C17H14FN3O2. The van der Waals surface area contributed by atoms with E-state index in [0.717, 1.165) is 11.6 Å². The topological polar surface area (TPSA) is 64.0 Å². The van der Waals surface area contributed by atoms with Gasteiger partial charge in [-0.1, -0.05) is 17.7 Å². The molecule has 0 saturated heterocycles. The Morgan fingerprint density at radius 2 is 1.87 bits per heavy atom. The maximum atomic E-state index is 13.4. The molecule has 0 saturated carbocycles. The molecule has 0 spiro atoms. The van der Waals surface area contributed by atoms with Crippen molar-refractivity contribution in [2.45, 2.75) is 6.92 Å². The van der Waals surface area contributed by atoms with Crippen LogP contribution in [0.2, 0.25) is 0 Å². The van der Waals surface area contributed by atoms with Crippen molar-refractivity contribution in [3.05, 3.63) is 69.8 Å². The Morgan fingerprint density at radius 3 is 2.57 bits per heavy atom. The molecule has 0 fully saturated rings. The second-order valence-corrected chi connectivity index (χ2v) is 5.28. The van der Waals surface area contributed by atoms with Crippen molar-refractivity contribution in [3.63, 3.8) is 0 Å². The maximum absolute atomic E-state index is 13.4. The third kappa shape index (κ3) is 2.83. The molecule has 5 nitrogen and oxygen atoms in total. The van der Waals surface area contributed by atoms with Crippen LogP contribution in [0.1, 0.15) is 16.1 Å². The molecule has 1 N–H and O–H groups in total. The largest absolute Gasteiger partial charge is 0.320 e. The van der Waals surface area contributed by atoms with E-state index in [1.165, 1.54) is 16.8 Å². The Labute approximate surface area is 131 Å². The molecule has 6 heteroatoms. The van der Waals surface area contributed by atoms with Crippen LogP contribution in [0.15, 0.2) is 47.3 Å². The number of carbonyl (C=O) groups excluding carboxylic acids is 1. The number of amides is 1. The van der Waals surface area contributed by atoms with E-state index in [0.29, 0.717) is 11.2 Å². The van der Waals surface area contributed by atoms with Gasteiger partial charge >= 0.3 is 0 Å². The van der Waals surface area contributed by atoms with Gasteiger partial charge in [0.05, 0.1) is 10.9 Å². The van der Waals surface area contributed by atoms with Gasteiger partial charge in [0.15, 0.2) is 5.69 Å². The van der Waals surface area contributed by atoms with Crippen molar-refractivity contribution < 1.29 is 9.18 Å². The Balaban J connectivity index is 2.05. The number of fused-ring (bicyclic) bond motifs is 1. The summed E-state index contributed by atoms with van der Waals surface area (Å²) in [4.78, 5) is 24.7. The van der Waals surface area contributed by atoms with Gasteiger partial charge in [0.2, 0.25) is 5.43 Å². The number of rotatable bonds is 2. The number of nitrogens with zero attached hydrogens (tertiary/aromatic N) is 2.